The van der Waals surface area contributed by atoms with Gasteiger partial charge >= 0.3 is 0 Å². The molecule has 2 atom stereocenters. The van der Waals surface area contributed by atoms with E-state index in [1.165, 1.54) is 25.7 Å². The third kappa shape index (κ3) is 1.85. The van der Waals surface area contributed by atoms with E-state index in [-0.39, 0.29) is 11.9 Å². The summed E-state index contributed by atoms with van der Waals surface area (Å²) in [7, 11) is 0. The molecule has 1 saturated carbocycles. The Kier molecular flexibility index (Phi) is 2.54. The summed E-state index contributed by atoms with van der Waals surface area (Å²) in [5.41, 5.74) is 5.63. The highest BCUT2D eigenvalue weighted by atomic mass is 16.2. The second-order valence-electron chi connectivity index (χ2n) is 4.34. The first-order chi connectivity index (χ1) is 6.27. The normalized spacial score (nSPS) is 36.2. The lowest BCUT2D eigenvalue weighted by atomic mass is 9.89. The number of carbonyl (C=O) groups is 1. The lowest BCUT2D eigenvalue weighted by Gasteiger charge is -2.31. The second kappa shape index (κ2) is 3.66. The van der Waals surface area contributed by atoms with Gasteiger partial charge in [-0.3, -0.25) is 4.79 Å². The highest BCUT2D eigenvalue weighted by molar-refractivity contribution is 5.82. The number of carbonyl (C=O) groups excluding carboxylic acids is 1. The number of nitrogens with two attached hydrogens (primary N) is 1. The quantitative estimate of drug-likeness (QED) is 0.629. The molecule has 2 unspecified atom stereocenters. The van der Waals surface area contributed by atoms with Crippen LogP contribution < -0.4 is 11.1 Å². The Balaban J connectivity index is 1.90. The zero-order valence-corrected chi connectivity index (χ0v) is 7.96. The van der Waals surface area contributed by atoms with Crippen LogP contribution in [-0.4, -0.2) is 18.0 Å². The second-order valence-corrected chi connectivity index (χ2v) is 4.34. The van der Waals surface area contributed by atoms with Crippen molar-refractivity contribution in [3.8, 4) is 0 Å². The molecule has 2 rings (SSSR count). The number of nitrogens with one attached hydrogen (secondary N) is 1. The number of piperidine rings is 1. The van der Waals surface area contributed by atoms with E-state index in [9.17, 15) is 4.79 Å². The van der Waals surface area contributed by atoms with Crippen LogP contribution in [0.4, 0.5) is 0 Å². The summed E-state index contributed by atoms with van der Waals surface area (Å²) in [6.07, 6.45) is 7.21. The SMILES string of the molecule is NC1CCC(C2CCCC2)NC1=O. The molecule has 2 aliphatic rings. The summed E-state index contributed by atoms with van der Waals surface area (Å²) in [6, 6.07) is 0.174. The summed E-state index contributed by atoms with van der Waals surface area (Å²) < 4.78 is 0. The predicted molar refractivity (Wildman–Crippen MR) is 51.1 cm³/mol. The van der Waals surface area contributed by atoms with Crippen molar-refractivity contribution in [1.29, 1.82) is 0 Å². The molecule has 3 N–H and O–H groups in total. The summed E-state index contributed by atoms with van der Waals surface area (Å²) in [6.45, 7) is 0. The first kappa shape index (κ1) is 9.00. The van der Waals surface area contributed by atoms with Crippen molar-refractivity contribution >= 4 is 5.91 Å². The van der Waals surface area contributed by atoms with Crippen LogP contribution in [0.1, 0.15) is 38.5 Å². The lowest BCUT2D eigenvalue weighted by Crippen LogP contribution is -2.52. The Hall–Kier alpha value is -0.570. The molecule has 74 valence electrons. The van der Waals surface area contributed by atoms with Gasteiger partial charge in [0.25, 0.3) is 0 Å². The van der Waals surface area contributed by atoms with Gasteiger partial charge in [-0.2, -0.15) is 0 Å². The van der Waals surface area contributed by atoms with Crippen LogP contribution in [0.3, 0.4) is 0 Å². The fourth-order valence-electron chi connectivity index (χ4n) is 2.57. The minimum atomic E-state index is -0.252. The number of hydrogen-bond acceptors (Lipinski definition) is 2. The minimum Gasteiger partial charge on any atom is -0.352 e. The maximum Gasteiger partial charge on any atom is 0.237 e. The van der Waals surface area contributed by atoms with E-state index in [2.05, 4.69) is 5.32 Å². The van der Waals surface area contributed by atoms with Crippen molar-refractivity contribution in [1.82, 2.24) is 5.32 Å². The van der Waals surface area contributed by atoms with Crippen molar-refractivity contribution in [3.05, 3.63) is 0 Å². The Morgan fingerprint density at radius 3 is 2.46 bits per heavy atom. The van der Waals surface area contributed by atoms with E-state index in [1.807, 2.05) is 0 Å². The molecule has 0 radical (unpaired) electrons. The maximum atomic E-state index is 11.3. The number of hydrogen-bond donors (Lipinski definition) is 2. The third-order valence-electron chi connectivity index (χ3n) is 3.42. The van der Waals surface area contributed by atoms with Gasteiger partial charge in [0.05, 0.1) is 6.04 Å². The van der Waals surface area contributed by atoms with Crippen LogP contribution in [0.2, 0.25) is 0 Å². The Morgan fingerprint density at radius 1 is 1.15 bits per heavy atom. The van der Waals surface area contributed by atoms with Gasteiger partial charge in [0.15, 0.2) is 0 Å². The van der Waals surface area contributed by atoms with Gasteiger partial charge in [-0.25, -0.2) is 0 Å². The highest BCUT2D eigenvalue weighted by Gasteiger charge is 2.31. The summed E-state index contributed by atoms with van der Waals surface area (Å²) in [4.78, 5) is 11.3. The first-order valence-corrected chi connectivity index (χ1v) is 5.33. The van der Waals surface area contributed by atoms with E-state index >= 15 is 0 Å². The molecule has 3 nitrogen and oxygen atoms in total. The highest BCUT2D eigenvalue weighted by Crippen LogP contribution is 2.30. The minimum absolute atomic E-state index is 0.0585. The van der Waals surface area contributed by atoms with Crippen LogP contribution in [0, 0.1) is 5.92 Å². The molecule has 1 heterocycles. The van der Waals surface area contributed by atoms with Crippen LogP contribution in [0.15, 0.2) is 0 Å². The van der Waals surface area contributed by atoms with E-state index < -0.39 is 0 Å². The van der Waals surface area contributed by atoms with E-state index in [0.717, 1.165) is 18.8 Å². The van der Waals surface area contributed by atoms with Crippen molar-refractivity contribution in [2.45, 2.75) is 50.6 Å². The molecule has 0 aromatic carbocycles. The van der Waals surface area contributed by atoms with Crippen LogP contribution in [0.5, 0.6) is 0 Å². The van der Waals surface area contributed by atoms with Crippen molar-refractivity contribution in [2.24, 2.45) is 11.7 Å². The van der Waals surface area contributed by atoms with Crippen LogP contribution in [-0.2, 0) is 4.79 Å². The summed E-state index contributed by atoms with van der Waals surface area (Å²) >= 11 is 0. The molecule has 0 aromatic heterocycles. The molecular formula is C10H18N2O. The smallest absolute Gasteiger partial charge is 0.237 e. The molecule has 1 aliphatic heterocycles. The molecule has 13 heavy (non-hydrogen) atoms. The molecule has 0 bridgehead atoms. The van der Waals surface area contributed by atoms with Gasteiger partial charge in [-0.1, -0.05) is 12.8 Å². The van der Waals surface area contributed by atoms with Gasteiger partial charge in [-0.05, 0) is 31.6 Å². The number of amides is 1. The lowest BCUT2D eigenvalue weighted by molar-refractivity contribution is -0.125. The fourth-order valence-corrected chi connectivity index (χ4v) is 2.57. The average Bonchev–Trinajstić information content (AvgIpc) is 2.62. The maximum absolute atomic E-state index is 11.3. The van der Waals surface area contributed by atoms with E-state index in [4.69, 9.17) is 5.73 Å². The Labute approximate surface area is 79.1 Å². The van der Waals surface area contributed by atoms with Gasteiger partial charge in [-0.15, -0.1) is 0 Å². The average molecular weight is 182 g/mol. The largest absolute Gasteiger partial charge is 0.352 e. The first-order valence-electron chi connectivity index (χ1n) is 5.33. The van der Waals surface area contributed by atoms with Gasteiger partial charge < -0.3 is 11.1 Å². The standard InChI is InChI=1S/C10H18N2O/c11-8-5-6-9(12-10(8)13)7-3-1-2-4-7/h7-9H,1-6,11H2,(H,12,13). The molecule has 3 heteroatoms. The molecule has 1 aliphatic carbocycles. The van der Waals surface area contributed by atoms with Crippen LogP contribution >= 0.6 is 0 Å². The Bertz CT molecular complexity index is 199. The molecule has 1 amide bonds. The van der Waals surface area contributed by atoms with Gasteiger partial charge in [0.2, 0.25) is 5.91 Å². The van der Waals surface area contributed by atoms with Crippen molar-refractivity contribution in [2.75, 3.05) is 0 Å². The predicted octanol–water partition coefficient (Wildman–Crippen LogP) is 0.782. The topological polar surface area (TPSA) is 55.1 Å². The fraction of sp³-hybridized carbons (Fsp3) is 0.900. The molecule has 2 fully saturated rings. The molecule has 1 saturated heterocycles. The zero-order chi connectivity index (χ0) is 9.26. The van der Waals surface area contributed by atoms with Gasteiger partial charge in [0.1, 0.15) is 0 Å². The molecule has 0 spiro atoms. The summed E-state index contributed by atoms with van der Waals surface area (Å²) in [5, 5.41) is 3.04. The number of rotatable bonds is 1. The van der Waals surface area contributed by atoms with Crippen molar-refractivity contribution < 1.29 is 4.79 Å². The van der Waals surface area contributed by atoms with Gasteiger partial charge in [0, 0.05) is 6.04 Å². The monoisotopic (exact) mass is 182 g/mol. The van der Waals surface area contributed by atoms with E-state index in [1.54, 1.807) is 0 Å². The third-order valence-corrected chi connectivity index (χ3v) is 3.42. The van der Waals surface area contributed by atoms with Crippen molar-refractivity contribution in [3.63, 3.8) is 0 Å². The molecule has 0 aromatic rings. The Morgan fingerprint density at radius 2 is 1.85 bits per heavy atom. The van der Waals surface area contributed by atoms with E-state index in [0.29, 0.717) is 6.04 Å². The summed E-state index contributed by atoms with van der Waals surface area (Å²) in [5.74, 6) is 0.791. The van der Waals surface area contributed by atoms with Crippen LogP contribution in [0.25, 0.3) is 0 Å². The zero-order valence-electron chi connectivity index (χ0n) is 7.96. The molecular weight excluding hydrogens is 164 g/mol.